The summed E-state index contributed by atoms with van der Waals surface area (Å²) < 4.78 is 0. The molecule has 1 fully saturated rings. The minimum absolute atomic E-state index is 0.131. The Hall–Kier alpha value is -3.48. The van der Waals surface area contributed by atoms with Gasteiger partial charge in [0.2, 0.25) is 5.91 Å². The van der Waals surface area contributed by atoms with Gasteiger partial charge in [-0.1, -0.05) is 31.4 Å². The lowest BCUT2D eigenvalue weighted by molar-refractivity contribution is -0.121. The van der Waals surface area contributed by atoms with Crippen molar-refractivity contribution < 1.29 is 19.2 Å². The molecular formula is C25H27N3O4. The van der Waals surface area contributed by atoms with Crippen LogP contribution in [0.5, 0.6) is 0 Å². The minimum Gasteiger partial charge on any atom is -0.352 e. The van der Waals surface area contributed by atoms with Crippen LogP contribution in [0.4, 0.5) is 5.69 Å². The van der Waals surface area contributed by atoms with Gasteiger partial charge >= 0.3 is 0 Å². The molecule has 1 aliphatic carbocycles. The van der Waals surface area contributed by atoms with Crippen molar-refractivity contribution in [3.05, 3.63) is 64.2 Å². The van der Waals surface area contributed by atoms with Crippen LogP contribution in [0, 0.1) is 13.8 Å². The van der Waals surface area contributed by atoms with E-state index < -0.39 is 17.7 Å². The summed E-state index contributed by atoms with van der Waals surface area (Å²) in [5, 5.41) is 5.56. The molecule has 2 aromatic carbocycles. The molecule has 0 atom stereocenters. The quantitative estimate of drug-likeness (QED) is 0.708. The zero-order valence-electron chi connectivity index (χ0n) is 18.4. The molecule has 1 saturated carbocycles. The van der Waals surface area contributed by atoms with E-state index in [1.54, 1.807) is 6.07 Å². The molecule has 1 heterocycles. The Labute approximate surface area is 187 Å². The lowest BCUT2D eigenvalue weighted by Gasteiger charge is -2.22. The Morgan fingerprint density at radius 1 is 0.938 bits per heavy atom. The molecule has 2 aliphatic rings. The highest BCUT2D eigenvalue weighted by Gasteiger charge is 2.37. The summed E-state index contributed by atoms with van der Waals surface area (Å²) in [6.07, 6.45) is 5.36. The Kier molecular flexibility index (Phi) is 6.08. The molecule has 0 saturated heterocycles. The van der Waals surface area contributed by atoms with Gasteiger partial charge in [0, 0.05) is 11.6 Å². The molecule has 0 aromatic heterocycles. The van der Waals surface area contributed by atoms with Crippen molar-refractivity contribution in [2.45, 2.75) is 52.0 Å². The molecule has 7 nitrogen and oxygen atoms in total. The van der Waals surface area contributed by atoms with E-state index in [9.17, 15) is 19.2 Å². The van der Waals surface area contributed by atoms with Gasteiger partial charge in [-0.15, -0.1) is 0 Å². The van der Waals surface area contributed by atoms with Gasteiger partial charge in [-0.2, -0.15) is 0 Å². The highest BCUT2D eigenvalue weighted by molar-refractivity contribution is 6.35. The van der Waals surface area contributed by atoms with Crippen molar-refractivity contribution in [1.82, 2.24) is 10.6 Å². The number of hydrogen-bond donors (Lipinski definition) is 2. The van der Waals surface area contributed by atoms with E-state index in [-0.39, 0.29) is 35.2 Å². The molecule has 0 radical (unpaired) electrons. The van der Waals surface area contributed by atoms with Crippen molar-refractivity contribution in [2.24, 2.45) is 0 Å². The Morgan fingerprint density at radius 2 is 1.66 bits per heavy atom. The first-order valence-corrected chi connectivity index (χ1v) is 11.0. The number of carbonyl (C=O) groups excluding carboxylic acids is 4. The van der Waals surface area contributed by atoms with Gasteiger partial charge in [0.05, 0.1) is 23.4 Å². The fraction of sp³-hybridized carbons (Fsp3) is 0.360. The molecule has 32 heavy (non-hydrogen) atoms. The molecule has 4 amide bonds. The molecule has 0 spiro atoms. The predicted octanol–water partition coefficient (Wildman–Crippen LogP) is 3.28. The van der Waals surface area contributed by atoms with Crippen LogP contribution in [0.1, 0.15) is 74.3 Å². The van der Waals surface area contributed by atoms with Crippen molar-refractivity contribution >= 4 is 29.3 Å². The number of nitrogens with zero attached hydrogens (tertiary/aromatic N) is 1. The molecular weight excluding hydrogens is 406 g/mol. The number of nitrogens with one attached hydrogen (secondary N) is 2. The van der Waals surface area contributed by atoms with Crippen molar-refractivity contribution in [3.63, 3.8) is 0 Å². The summed E-state index contributed by atoms with van der Waals surface area (Å²) in [5.74, 6) is -1.54. The Morgan fingerprint density at radius 3 is 2.41 bits per heavy atom. The van der Waals surface area contributed by atoms with Gasteiger partial charge in [-0.25, -0.2) is 4.90 Å². The smallest absolute Gasteiger partial charge is 0.266 e. The average molecular weight is 434 g/mol. The summed E-state index contributed by atoms with van der Waals surface area (Å²) in [5.41, 5.74) is 2.98. The maximum atomic E-state index is 13.0. The van der Waals surface area contributed by atoms with Gasteiger partial charge in [0.1, 0.15) is 0 Å². The third-order valence-corrected chi connectivity index (χ3v) is 6.13. The predicted molar refractivity (Wildman–Crippen MR) is 121 cm³/mol. The van der Waals surface area contributed by atoms with Crippen LogP contribution in [0.25, 0.3) is 0 Å². The summed E-state index contributed by atoms with van der Waals surface area (Å²) in [6, 6.07) is 10.2. The van der Waals surface area contributed by atoms with Gasteiger partial charge in [-0.3, -0.25) is 19.2 Å². The van der Waals surface area contributed by atoms with Gasteiger partial charge in [0.15, 0.2) is 0 Å². The number of amides is 4. The fourth-order valence-corrected chi connectivity index (χ4v) is 4.35. The molecule has 2 N–H and O–H groups in total. The van der Waals surface area contributed by atoms with Crippen LogP contribution in [0.3, 0.4) is 0 Å². The fourth-order valence-electron chi connectivity index (χ4n) is 4.35. The second kappa shape index (κ2) is 8.94. The number of hydrogen-bond acceptors (Lipinski definition) is 4. The zero-order chi connectivity index (χ0) is 22.8. The molecule has 1 aliphatic heterocycles. The first kappa shape index (κ1) is 21.7. The number of anilines is 1. The lowest BCUT2D eigenvalue weighted by Crippen LogP contribution is -2.42. The van der Waals surface area contributed by atoms with Crippen LogP contribution >= 0.6 is 0 Å². The maximum absolute atomic E-state index is 13.0. The van der Waals surface area contributed by atoms with Crippen molar-refractivity contribution in [2.75, 3.05) is 11.4 Å². The molecule has 0 unspecified atom stereocenters. The van der Waals surface area contributed by atoms with Crippen molar-refractivity contribution in [1.29, 1.82) is 0 Å². The Bertz CT molecular complexity index is 1100. The lowest BCUT2D eigenvalue weighted by atomic mass is 9.95. The van der Waals surface area contributed by atoms with Gasteiger partial charge in [0.25, 0.3) is 17.7 Å². The number of carbonyl (C=O) groups is 4. The standard InChI is InChI=1S/C25H27N3O4/c1-15-8-9-16(2)21(12-15)28-24(31)19-11-10-17(13-20(19)25(28)32)23(30)26-14-22(29)27-18-6-4-3-5-7-18/h8-13,18H,3-7,14H2,1-2H3,(H,26,30)(H,27,29). The SMILES string of the molecule is Cc1ccc(C)c(N2C(=O)c3ccc(C(=O)NCC(=O)NC4CCCCC4)cc3C2=O)c1. The highest BCUT2D eigenvalue weighted by Crippen LogP contribution is 2.31. The maximum Gasteiger partial charge on any atom is 0.266 e. The molecule has 7 heteroatoms. The summed E-state index contributed by atoms with van der Waals surface area (Å²) in [6.45, 7) is 3.61. The molecule has 2 aromatic rings. The largest absolute Gasteiger partial charge is 0.352 e. The summed E-state index contributed by atoms with van der Waals surface area (Å²) in [7, 11) is 0. The first-order valence-electron chi connectivity index (χ1n) is 11.0. The van der Waals surface area contributed by atoms with E-state index in [2.05, 4.69) is 10.6 Å². The molecule has 166 valence electrons. The second-order valence-electron chi connectivity index (χ2n) is 8.58. The Balaban J connectivity index is 1.45. The minimum atomic E-state index is -0.461. The van der Waals surface area contributed by atoms with Gasteiger partial charge < -0.3 is 10.6 Å². The number of aryl methyl sites for hydroxylation is 2. The third kappa shape index (κ3) is 4.28. The monoisotopic (exact) mass is 433 g/mol. The number of rotatable bonds is 5. The second-order valence-corrected chi connectivity index (χ2v) is 8.58. The number of fused-ring (bicyclic) bond motifs is 1. The summed E-state index contributed by atoms with van der Waals surface area (Å²) in [4.78, 5) is 51.8. The van der Waals surface area contributed by atoms with E-state index in [0.29, 0.717) is 5.69 Å². The van der Waals surface area contributed by atoms with E-state index in [1.165, 1.54) is 24.6 Å². The molecule has 4 rings (SSSR count). The average Bonchev–Trinajstić information content (AvgIpc) is 3.04. The highest BCUT2D eigenvalue weighted by atomic mass is 16.2. The number of benzene rings is 2. The zero-order valence-corrected chi connectivity index (χ0v) is 18.4. The van der Waals surface area contributed by atoms with Crippen molar-refractivity contribution in [3.8, 4) is 0 Å². The van der Waals surface area contributed by atoms with E-state index in [1.807, 2.05) is 26.0 Å². The first-order chi connectivity index (χ1) is 15.3. The van der Waals surface area contributed by atoms with Crippen LogP contribution in [-0.4, -0.2) is 36.2 Å². The number of imide groups is 1. The van der Waals surface area contributed by atoms with Crippen LogP contribution in [0.15, 0.2) is 36.4 Å². The van der Waals surface area contributed by atoms with Crippen LogP contribution in [-0.2, 0) is 4.79 Å². The van der Waals surface area contributed by atoms with E-state index in [0.717, 1.165) is 41.7 Å². The van der Waals surface area contributed by atoms with Crippen LogP contribution < -0.4 is 15.5 Å². The van der Waals surface area contributed by atoms with E-state index in [4.69, 9.17) is 0 Å². The third-order valence-electron chi connectivity index (χ3n) is 6.13. The topological polar surface area (TPSA) is 95.6 Å². The summed E-state index contributed by atoms with van der Waals surface area (Å²) >= 11 is 0. The van der Waals surface area contributed by atoms with E-state index >= 15 is 0 Å². The molecule has 0 bridgehead atoms. The van der Waals surface area contributed by atoms with Crippen LogP contribution in [0.2, 0.25) is 0 Å². The normalized spacial score (nSPS) is 16.1. The van der Waals surface area contributed by atoms with Gasteiger partial charge in [-0.05, 0) is 62.1 Å².